The van der Waals surface area contributed by atoms with Gasteiger partial charge in [-0.1, -0.05) is 47.5 Å². The molecule has 0 saturated carbocycles. The lowest BCUT2D eigenvalue weighted by molar-refractivity contribution is -0.135. The number of rotatable bonds is 8. The van der Waals surface area contributed by atoms with Crippen LogP contribution in [0.1, 0.15) is 83.8 Å². The second-order valence-electron chi connectivity index (χ2n) is 9.72. The van der Waals surface area contributed by atoms with E-state index in [0.717, 1.165) is 44.0 Å². The van der Waals surface area contributed by atoms with Gasteiger partial charge in [-0.3, -0.25) is 9.59 Å². The molecule has 1 fully saturated rings. The highest BCUT2D eigenvalue weighted by molar-refractivity contribution is 6.00. The molecule has 0 unspecified atom stereocenters. The van der Waals surface area contributed by atoms with Gasteiger partial charge >= 0.3 is 0 Å². The molecule has 0 bridgehead atoms. The molecular weight excluding hydrogens is 390 g/mol. The summed E-state index contributed by atoms with van der Waals surface area (Å²) in [4.78, 5) is 33.6. The van der Waals surface area contributed by atoms with E-state index < -0.39 is 5.41 Å². The van der Waals surface area contributed by atoms with E-state index in [1.165, 1.54) is 0 Å². The van der Waals surface area contributed by atoms with E-state index in [1.807, 2.05) is 39.0 Å². The number of nitrogens with zero attached hydrogens (tertiary/aromatic N) is 3. The maximum absolute atomic E-state index is 13.6. The van der Waals surface area contributed by atoms with E-state index in [9.17, 15) is 9.59 Å². The average Bonchev–Trinajstić information content (AvgIpc) is 3.28. The fourth-order valence-corrected chi connectivity index (χ4v) is 4.72. The van der Waals surface area contributed by atoms with Crippen LogP contribution in [0, 0.1) is 5.41 Å². The number of imidazole rings is 1. The molecule has 0 radical (unpaired) electrons. The molecule has 31 heavy (non-hydrogen) atoms. The summed E-state index contributed by atoms with van der Waals surface area (Å²) in [5, 5.41) is 0. The maximum atomic E-state index is 13.6. The number of aromatic nitrogens is 2. The van der Waals surface area contributed by atoms with Crippen molar-refractivity contribution < 1.29 is 14.3 Å². The number of carbonyl (C=O) groups excluding carboxylic acids is 2. The Morgan fingerprint density at radius 2 is 1.71 bits per heavy atom. The Kier molecular flexibility index (Phi) is 7.07. The molecule has 1 amide bonds. The number of carbonyl (C=O) groups is 2. The molecular formula is C25H37N3O3. The van der Waals surface area contributed by atoms with Gasteiger partial charge in [0, 0.05) is 23.6 Å². The molecule has 170 valence electrons. The van der Waals surface area contributed by atoms with Gasteiger partial charge in [0.05, 0.1) is 18.1 Å². The van der Waals surface area contributed by atoms with Crippen LogP contribution in [0.5, 0.6) is 5.75 Å². The number of benzene rings is 1. The van der Waals surface area contributed by atoms with Gasteiger partial charge < -0.3 is 14.2 Å². The van der Waals surface area contributed by atoms with E-state index in [4.69, 9.17) is 4.74 Å². The first kappa shape index (κ1) is 23.3. The standard InChI is InChI=1S/C25H37N3O3/c1-7-9-17-11-12-18(10-8-2)28(17)22(29)16-27-21-15-19(31-6)13-14-20(21)26-24(27)23(30)25(3,4)5/h13-15,17-18H,7-12,16H2,1-6H3/t17-,18-/m0/s1. The second kappa shape index (κ2) is 9.41. The normalized spacial score (nSPS) is 19.2. The summed E-state index contributed by atoms with van der Waals surface area (Å²) < 4.78 is 7.20. The van der Waals surface area contributed by atoms with Gasteiger partial charge in [-0.2, -0.15) is 0 Å². The molecule has 0 aliphatic carbocycles. The van der Waals surface area contributed by atoms with Crippen LogP contribution in [0.2, 0.25) is 0 Å². The fraction of sp³-hybridized carbons (Fsp3) is 0.640. The molecule has 1 aromatic carbocycles. The summed E-state index contributed by atoms with van der Waals surface area (Å²) in [5.74, 6) is 1.05. The third-order valence-corrected chi connectivity index (χ3v) is 6.28. The van der Waals surface area contributed by atoms with Crippen molar-refractivity contribution in [1.82, 2.24) is 14.5 Å². The molecule has 1 aromatic heterocycles. The minimum atomic E-state index is -0.588. The number of Topliss-reactive ketones (excluding diaryl/α,β-unsaturated/α-hetero) is 1. The molecule has 6 nitrogen and oxygen atoms in total. The number of methoxy groups -OCH3 is 1. The van der Waals surface area contributed by atoms with Gasteiger partial charge in [0.25, 0.3) is 0 Å². The van der Waals surface area contributed by atoms with Gasteiger partial charge in [-0.05, 0) is 37.8 Å². The first-order valence-electron chi connectivity index (χ1n) is 11.6. The highest BCUT2D eigenvalue weighted by atomic mass is 16.5. The SMILES string of the molecule is CCC[C@H]1CC[C@H](CCC)N1C(=O)Cn1c(C(=O)C(C)(C)C)nc2ccc(OC)cc21. The van der Waals surface area contributed by atoms with Crippen LogP contribution in [0.3, 0.4) is 0 Å². The lowest BCUT2D eigenvalue weighted by atomic mass is 9.90. The Morgan fingerprint density at radius 1 is 1.10 bits per heavy atom. The molecule has 0 N–H and O–H groups in total. The van der Waals surface area contributed by atoms with Crippen molar-refractivity contribution in [1.29, 1.82) is 0 Å². The summed E-state index contributed by atoms with van der Waals surface area (Å²) >= 11 is 0. The average molecular weight is 428 g/mol. The van der Waals surface area contributed by atoms with E-state index in [0.29, 0.717) is 29.2 Å². The topological polar surface area (TPSA) is 64.4 Å². The first-order valence-corrected chi connectivity index (χ1v) is 11.6. The van der Waals surface area contributed by atoms with Crippen molar-refractivity contribution in [3.05, 3.63) is 24.0 Å². The molecule has 0 spiro atoms. The highest BCUT2D eigenvalue weighted by Crippen LogP contribution is 2.32. The fourth-order valence-electron chi connectivity index (χ4n) is 4.72. The number of likely N-dealkylation sites (tertiary alicyclic amines) is 1. The molecule has 1 aliphatic rings. The van der Waals surface area contributed by atoms with Gasteiger partial charge in [0.1, 0.15) is 12.3 Å². The van der Waals surface area contributed by atoms with E-state index in [-0.39, 0.29) is 18.2 Å². The maximum Gasteiger partial charge on any atom is 0.243 e. The van der Waals surface area contributed by atoms with Crippen molar-refractivity contribution in [2.24, 2.45) is 5.41 Å². The first-order chi connectivity index (χ1) is 14.7. The van der Waals surface area contributed by atoms with Gasteiger partial charge in [0.2, 0.25) is 11.7 Å². The summed E-state index contributed by atoms with van der Waals surface area (Å²) in [6, 6.07) is 6.14. The molecule has 2 heterocycles. The molecule has 3 rings (SSSR count). The van der Waals surface area contributed by atoms with Crippen LogP contribution >= 0.6 is 0 Å². The van der Waals surface area contributed by atoms with Gasteiger partial charge in [-0.15, -0.1) is 0 Å². The predicted octanol–water partition coefficient (Wildman–Crippen LogP) is 5.23. The van der Waals surface area contributed by atoms with Crippen LogP contribution in [-0.2, 0) is 11.3 Å². The zero-order chi connectivity index (χ0) is 22.8. The predicted molar refractivity (Wildman–Crippen MR) is 124 cm³/mol. The summed E-state index contributed by atoms with van der Waals surface area (Å²) in [7, 11) is 1.61. The Labute approximate surface area is 186 Å². The largest absolute Gasteiger partial charge is 0.497 e. The minimum absolute atomic E-state index is 0.0629. The quantitative estimate of drug-likeness (QED) is 0.541. The van der Waals surface area contributed by atoms with E-state index in [2.05, 4.69) is 23.7 Å². The third kappa shape index (κ3) is 4.78. The van der Waals surface area contributed by atoms with E-state index >= 15 is 0 Å². The number of ether oxygens (including phenoxy) is 1. The van der Waals surface area contributed by atoms with Gasteiger partial charge in [0.15, 0.2) is 5.82 Å². The number of hydrogen-bond acceptors (Lipinski definition) is 4. The number of amides is 1. The van der Waals surface area contributed by atoms with E-state index in [1.54, 1.807) is 11.7 Å². The van der Waals surface area contributed by atoms with Crippen molar-refractivity contribution >= 4 is 22.7 Å². The zero-order valence-electron chi connectivity index (χ0n) is 19.9. The zero-order valence-corrected chi connectivity index (χ0v) is 19.9. The van der Waals surface area contributed by atoms with Crippen LogP contribution in [0.4, 0.5) is 0 Å². The third-order valence-electron chi connectivity index (χ3n) is 6.28. The lowest BCUT2D eigenvalue weighted by Gasteiger charge is -2.31. The summed E-state index contributed by atoms with van der Waals surface area (Å²) in [6.45, 7) is 10.1. The molecule has 2 atom stereocenters. The molecule has 6 heteroatoms. The molecule has 1 saturated heterocycles. The summed E-state index contributed by atoms with van der Waals surface area (Å²) in [5.41, 5.74) is 0.881. The highest BCUT2D eigenvalue weighted by Gasteiger charge is 2.37. The monoisotopic (exact) mass is 427 g/mol. The Bertz CT molecular complexity index is 927. The second-order valence-corrected chi connectivity index (χ2v) is 9.72. The van der Waals surface area contributed by atoms with Crippen molar-refractivity contribution in [3.8, 4) is 5.75 Å². The van der Waals surface area contributed by atoms with Crippen LogP contribution in [0.15, 0.2) is 18.2 Å². The summed E-state index contributed by atoms with van der Waals surface area (Å²) in [6.07, 6.45) is 6.31. The Morgan fingerprint density at radius 3 is 2.23 bits per heavy atom. The molecule has 2 aromatic rings. The van der Waals surface area contributed by atoms with Crippen molar-refractivity contribution in [3.63, 3.8) is 0 Å². The van der Waals surface area contributed by atoms with Crippen LogP contribution < -0.4 is 4.74 Å². The lowest BCUT2D eigenvalue weighted by Crippen LogP contribution is -2.43. The molecule has 1 aliphatic heterocycles. The van der Waals surface area contributed by atoms with Crippen molar-refractivity contribution in [2.45, 2.75) is 91.8 Å². The minimum Gasteiger partial charge on any atom is -0.497 e. The van der Waals surface area contributed by atoms with Gasteiger partial charge in [-0.25, -0.2) is 4.98 Å². The van der Waals surface area contributed by atoms with Crippen molar-refractivity contribution in [2.75, 3.05) is 7.11 Å². The number of fused-ring (bicyclic) bond motifs is 1. The number of hydrogen-bond donors (Lipinski definition) is 0. The smallest absolute Gasteiger partial charge is 0.243 e. The van der Waals surface area contributed by atoms with Crippen LogP contribution in [-0.4, -0.2) is 45.3 Å². The Balaban J connectivity index is 2.03. The number of ketones is 1. The van der Waals surface area contributed by atoms with Crippen LogP contribution in [0.25, 0.3) is 11.0 Å². The Hall–Kier alpha value is -2.37.